The van der Waals surface area contributed by atoms with Crippen molar-refractivity contribution in [2.45, 2.75) is 26.3 Å². The Labute approximate surface area is 170 Å². The highest BCUT2D eigenvalue weighted by atomic mass is 35.5. The van der Waals surface area contributed by atoms with Crippen molar-refractivity contribution in [3.05, 3.63) is 59.0 Å². The summed E-state index contributed by atoms with van der Waals surface area (Å²) in [6.45, 7) is 6.79. The summed E-state index contributed by atoms with van der Waals surface area (Å²) in [5.41, 5.74) is 2.15. The maximum atomic E-state index is 6.13. The maximum Gasteiger partial charge on any atom is 0.261 e. The molecule has 0 saturated carbocycles. The van der Waals surface area contributed by atoms with E-state index < -0.39 is 0 Å². The number of pyridine rings is 1. The number of hydrogen-bond donors (Lipinski definition) is 0. The molecule has 7 heteroatoms. The number of rotatable bonds is 5. The van der Waals surface area contributed by atoms with E-state index in [1.165, 1.54) is 5.56 Å². The molecule has 6 nitrogen and oxygen atoms in total. The first-order valence-corrected chi connectivity index (χ1v) is 10.1. The summed E-state index contributed by atoms with van der Waals surface area (Å²) in [5, 5.41) is 4.82. The van der Waals surface area contributed by atoms with Crippen LogP contribution in [0.3, 0.4) is 0 Å². The molecule has 4 rings (SSSR count). The zero-order valence-corrected chi connectivity index (χ0v) is 16.8. The van der Waals surface area contributed by atoms with Gasteiger partial charge in [0.25, 0.3) is 5.89 Å². The third kappa shape index (κ3) is 4.34. The van der Waals surface area contributed by atoms with E-state index in [0.717, 1.165) is 62.0 Å². The summed E-state index contributed by atoms with van der Waals surface area (Å²) in [6, 6.07) is 12.0. The number of nitrogens with zero attached hydrogens (tertiary/aromatic N) is 5. The van der Waals surface area contributed by atoms with Gasteiger partial charge in [0.1, 0.15) is 5.82 Å². The summed E-state index contributed by atoms with van der Waals surface area (Å²) in [7, 11) is 0. The summed E-state index contributed by atoms with van der Waals surface area (Å²) in [5.74, 6) is 2.17. The Morgan fingerprint density at radius 2 is 2.04 bits per heavy atom. The van der Waals surface area contributed by atoms with Crippen molar-refractivity contribution in [3.8, 4) is 11.5 Å². The highest BCUT2D eigenvalue weighted by Crippen LogP contribution is 2.28. The smallest absolute Gasteiger partial charge is 0.261 e. The van der Waals surface area contributed by atoms with Gasteiger partial charge in [0.2, 0.25) is 0 Å². The van der Waals surface area contributed by atoms with Crippen LogP contribution in [0.4, 0.5) is 5.82 Å². The van der Waals surface area contributed by atoms with E-state index in [9.17, 15) is 0 Å². The molecule has 1 aromatic carbocycles. The molecule has 3 heterocycles. The quantitative estimate of drug-likeness (QED) is 0.647. The molecule has 3 aromatic rings. The van der Waals surface area contributed by atoms with Crippen LogP contribution in [-0.2, 0) is 13.0 Å². The van der Waals surface area contributed by atoms with Crippen LogP contribution in [0.15, 0.2) is 47.1 Å². The van der Waals surface area contributed by atoms with Gasteiger partial charge in [-0.3, -0.25) is 4.90 Å². The Balaban J connectivity index is 1.49. The number of aromatic nitrogens is 3. The molecule has 0 radical (unpaired) electrons. The predicted octanol–water partition coefficient (Wildman–Crippen LogP) is 4.06. The lowest BCUT2D eigenvalue weighted by Gasteiger charge is -2.24. The predicted molar refractivity (Wildman–Crippen MR) is 110 cm³/mol. The van der Waals surface area contributed by atoms with Gasteiger partial charge in [0, 0.05) is 50.4 Å². The van der Waals surface area contributed by atoms with Gasteiger partial charge in [-0.25, -0.2) is 4.98 Å². The fourth-order valence-corrected chi connectivity index (χ4v) is 3.77. The van der Waals surface area contributed by atoms with E-state index in [2.05, 4.69) is 31.0 Å². The van der Waals surface area contributed by atoms with Crippen molar-refractivity contribution in [2.24, 2.45) is 0 Å². The zero-order chi connectivity index (χ0) is 19.3. The Hall–Kier alpha value is -2.44. The van der Waals surface area contributed by atoms with Crippen LogP contribution in [-0.4, -0.2) is 46.2 Å². The largest absolute Gasteiger partial charge is 0.355 e. The van der Waals surface area contributed by atoms with Gasteiger partial charge in [-0.05, 0) is 36.2 Å². The Morgan fingerprint density at radius 1 is 1.11 bits per heavy atom. The second-order valence-electron chi connectivity index (χ2n) is 6.99. The first kappa shape index (κ1) is 18.9. The standard InChI is InChI=1S/C21H24ClN5O/c1-2-19-24-21(28-25-19)18-8-4-9-23-20(18)27-11-5-10-26(12-13-27)15-16-6-3-7-17(22)14-16/h3-4,6-9,14H,2,5,10-13,15H2,1H3. The summed E-state index contributed by atoms with van der Waals surface area (Å²) < 4.78 is 5.46. The lowest BCUT2D eigenvalue weighted by molar-refractivity contribution is 0.285. The van der Waals surface area contributed by atoms with Gasteiger partial charge in [0.05, 0.1) is 5.56 Å². The fraction of sp³-hybridized carbons (Fsp3) is 0.381. The topological polar surface area (TPSA) is 58.3 Å². The third-order valence-electron chi connectivity index (χ3n) is 4.98. The van der Waals surface area contributed by atoms with E-state index in [0.29, 0.717) is 11.7 Å². The molecular formula is C21H24ClN5O. The molecule has 1 aliphatic heterocycles. The molecule has 0 N–H and O–H groups in total. The molecule has 1 saturated heterocycles. The maximum absolute atomic E-state index is 6.13. The molecule has 1 fully saturated rings. The van der Waals surface area contributed by atoms with Crippen LogP contribution in [0.25, 0.3) is 11.5 Å². The first-order chi connectivity index (χ1) is 13.7. The van der Waals surface area contributed by atoms with Crippen LogP contribution in [0.1, 0.15) is 24.7 Å². The van der Waals surface area contributed by atoms with E-state index in [-0.39, 0.29) is 0 Å². The third-order valence-corrected chi connectivity index (χ3v) is 5.22. The van der Waals surface area contributed by atoms with Gasteiger partial charge in [-0.2, -0.15) is 4.98 Å². The molecule has 0 amide bonds. The number of hydrogen-bond acceptors (Lipinski definition) is 6. The van der Waals surface area contributed by atoms with Gasteiger partial charge >= 0.3 is 0 Å². The molecule has 1 aliphatic rings. The highest BCUT2D eigenvalue weighted by molar-refractivity contribution is 6.30. The van der Waals surface area contributed by atoms with Crippen molar-refractivity contribution in [3.63, 3.8) is 0 Å². The average molecular weight is 398 g/mol. The minimum atomic E-state index is 0.542. The minimum Gasteiger partial charge on any atom is -0.355 e. The Kier molecular flexibility index (Phi) is 5.88. The van der Waals surface area contributed by atoms with Gasteiger partial charge < -0.3 is 9.42 Å². The molecule has 0 aliphatic carbocycles. The van der Waals surface area contributed by atoms with Gasteiger partial charge in [0.15, 0.2) is 5.82 Å². The molecule has 0 unspecified atom stereocenters. The van der Waals surface area contributed by atoms with Crippen molar-refractivity contribution in [1.29, 1.82) is 0 Å². The van der Waals surface area contributed by atoms with E-state index in [4.69, 9.17) is 16.1 Å². The van der Waals surface area contributed by atoms with Gasteiger partial charge in [-0.15, -0.1) is 0 Å². The highest BCUT2D eigenvalue weighted by Gasteiger charge is 2.21. The second kappa shape index (κ2) is 8.71. The van der Waals surface area contributed by atoms with Crippen molar-refractivity contribution in [2.75, 3.05) is 31.1 Å². The molecular weight excluding hydrogens is 374 g/mol. The lowest BCUT2D eigenvalue weighted by Crippen LogP contribution is -2.31. The number of halogens is 1. The lowest BCUT2D eigenvalue weighted by atomic mass is 10.2. The minimum absolute atomic E-state index is 0.542. The van der Waals surface area contributed by atoms with Crippen LogP contribution in [0.2, 0.25) is 5.02 Å². The van der Waals surface area contributed by atoms with E-state index in [1.54, 1.807) is 0 Å². The summed E-state index contributed by atoms with van der Waals surface area (Å²) in [6.07, 6.45) is 3.65. The molecule has 0 atom stereocenters. The Bertz CT molecular complexity index is 928. The van der Waals surface area contributed by atoms with Crippen LogP contribution < -0.4 is 4.90 Å². The van der Waals surface area contributed by atoms with Crippen molar-refractivity contribution >= 4 is 17.4 Å². The molecule has 0 spiro atoms. The normalized spacial score (nSPS) is 15.6. The van der Waals surface area contributed by atoms with Crippen LogP contribution in [0.5, 0.6) is 0 Å². The van der Waals surface area contributed by atoms with Crippen LogP contribution in [0, 0.1) is 0 Å². The molecule has 146 valence electrons. The van der Waals surface area contributed by atoms with E-state index in [1.807, 2.05) is 43.5 Å². The zero-order valence-electron chi connectivity index (χ0n) is 16.0. The Morgan fingerprint density at radius 3 is 2.86 bits per heavy atom. The molecule has 2 aromatic heterocycles. The van der Waals surface area contributed by atoms with Crippen LogP contribution >= 0.6 is 11.6 Å². The molecule has 0 bridgehead atoms. The second-order valence-corrected chi connectivity index (χ2v) is 7.43. The molecule has 28 heavy (non-hydrogen) atoms. The summed E-state index contributed by atoms with van der Waals surface area (Å²) >= 11 is 6.13. The average Bonchev–Trinajstić information content (AvgIpc) is 3.08. The van der Waals surface area contributed by atoms with Crippen molar-refractivity contribution in [1.82, 2.24) is 20.0 Å². The summed E-state index contributed by atoms with van der Waals surface area (Å²) in [4.78, 5) is 13.9. The van der Waals surface area contributed by atoms with Crippen molar-refractivity contribution < 1.29 is 4.52 Å². The van der Waals surface area contributed by atoms with Gasteiger partial charge in [-0.1, -0.05) is 35.8 Å². The van der Waals surface area contributed by atoms with E-state index >= 15 is 0 Å². The number of aryl methyl sites for hydroxylation is 1. The first-order valence-electron chi connectivity index (χ1n) is 9.72. The fourth-order valence-electron chi connectivity index (χ4n) is 3.56. The number of anilines is 1. The number of benzene rings is 1. The monoisotopic (exact) mass is 397 g/mol. The SMILES string of the molecule is CCc1noc(-c2cccnc2N2CCCN(Cc3cccc(Cl)c3)CC2)n1.